The highest BCUT2D eigenvalue weighted by atomic mass is 16.5. The van der Waals surface area contributed by atoms with E-state index in [1.54, 1.807) is 0 Å². The molecule has 2 rings (SSSR count). The first-order valence-electron chi connectivity index (χ1n) is 8.35. The molecule has 118 valence electrons. The summed E-state index contributed by atoms with van der Waals surface area (Å²) in [6.45, 7) is 5.94. The number of hydrogen-bond donors (Lipinski definition) is 2. The minimum atomic E-state index is -0.0357. The number of piperidine rings is 1. The molecular formula is C16H32N2O2. The van der Waals surface area contributed by atoms with E-state index in [1.807, 2.05) is 7.11 Å². The fourth-order valence-electron chi connectivity index (χ4n) is 3.26. The van der Waals surface area contributed by atoms with Gasteiger partial charge in [-0.25, -0.2) is 0 Å². The van der Waals surface area contributed by atoms with Gasteiger partial charge < -0.3 is 20.1 Å². The Labute approximate surface area is 123 Å². The van der Waals surface area contributed by atoms with E-state index in [-0.39, 0.29) is 12.1 Å². The van der Waals surface area contributed by atoms with Gasteiger partial charge in [0.1, 0.15) is 0 Å². The number of rotatable bonds is 9. The second kappa shape index (κ2) is 7.74. The van der Waals surface area contributed by atoms with Crippen LogP contribution in [0, 0.1) is 0 Å². The fraction of sp³-hybridized carbons (Fsp3) is 1.00. The van der Waals surface area contributed by atoms with Crippen molar-refractivity contribution < 1.29 is 9.84 Å². The van der Waals surface area contributed by atoms with Gasteiger partial charge in [0, 0.05) is 31.8 Å². The van der Waals surface area contributed by atoms with Crippen molar-refractivity contribution >= 4 is 0 Å². The van der Waals surface area contributed by atoms with Crippen molar-refractivity contribution in [1.82, 2.24) is 10.2 Å². The maximum Gasteiger partial charge on any atom is 0.0613 e. The summed E-state index contributed by atoms with van der Waals surface area (Å²) in [4.78, 5) is 2.55. The third-order valence-electron chi connectivity index (χ3n) is 5.06. The zero-order valence-electron chi connectivity index (χ0n) is 13.2. The van der Waals surface area contributed by atoms with Crippen LogP contribution in [-0.4, -0.2) is 61.0 Å². The second-order valence-corrected chi connectivity index (χ2v) is 6.59. The minimum Gasteiger partial charge on any atom is -0.394 e. The lowest BCUT2D eigenvalue weighted by Gasteiger charge is -2.35. The van der Waals surface area contributed by atoms with E-state index in [1.165, 1.54) is 19.3 Å². The smallest absolute Gasteiger partial charge is 0.0613 e. The number of methoxy groups -OCH3 is 1. The summed E-state index contributed by atoms with van der Waals surface area (Å²) in [6.07, 6.45) is 8.64. The van der Waals surface area contributed by atoms with E-state index in [9.17, 15) is 5.11 Å². The van der Waals surface area contributed by atoms with Crippen LogP contribution in [0.4, 0.5) is 0 Å². The van der Waals surface area contributed by atoms with Crippen molar-refractivity contribution in [3.63, 3.8) is 0 Å². The molecule has 0 aromatic carbocycles. The lowest BCUT2D eigenvalue weighted by Crippen LogP contribution is -2.49. The zero-order chi connectivity index (χ0) is 14.4. The lowest BCUT2D eigenvalue weighted by atomic mass is 9.90. The molecule has 1 aliphatic heterocycles. The molecule has 2 N–H and O–H groups in total. The summed E-state index contributed by atoms with van der Waals surface area (Å²) >= 11 is 0. The van der Waals surface area contributed by atoms with Gasteiger partial charge in [-0.05, 0) is 51.5 Å². The Morgan fingerprint density at radius 1 is 1.25 bits per heavy atom. The van der Waals surface area contributed by atoms with Crippen LogP contribution >= 0.6 is 0 Å². The first-order chi connectivity index (χ1) is 9.71. The molecule has 1 aliphatic carbocycles. The highest BCUT2D eigenvalue weighted by Gasteiger charge is 2.34. The van der Waals surface area contributed by atoms with Gasteiger partial charge in [0.15, 0.2) is 0 Å². The predicted molar refractivity (Wildman–Crippen MR) is 82.0 cm³/mol. The molecule has 1 heterocycles. The van der Waals surface area contributed by atoms with Crippen LogP contribution in [0.15, 0.2) is 0 Å². The molecule has 2 aliphatic rings. The molecule has 20 heavy (non-hydrogen) atoms. The van der Waals surface area contributed by atoms with Gasteiger partial charge in [0.05, 0.1) is 12.7 Å². The summed E-state index contributed by atoms with van der Waals surface area (Å²) in [5.41, 5.74) is -0.0357. The van der Waals surface area contributed by atoms with Gasteiger partial charge in [-0.3, -0.25) is 0 Å². The Kier molecular flexibility index (Phi) is 6.27. The van der Waals surface area contributed by atoms with Crippen molar-refractivity contribution in [2.75, 3.05) is 33.4 Å². The number of aliphatic hydroxyl groups is 1. The fourth-order valence-corrected chi connectivity index (χ4v) is 3.26. The molecule has 0 bridgehead atoms. The minimum absolute atomic E-state index is 0.0357. The first-order valence-corrected chi connectivity index (χ1v) is 8.35. The van der Waals surface area contributed by atoms with E-state index in [4.69, 9.17) is 4.74 Å². The average molecular weight is 284 g/mol. The summed E-state index contributed by atoms with van der Waals surface area (Å²) in [7, 11) is 1.82. The maximum absolute atomic E-state index is 9.76. The third-order valence-corrected chi connectivity index (χ3v) is 5.06. The van der Waals surface area contributed by atoms with Crippen LogP contribution in [0.25, 0.3) is 0 Å². The molecular weight excluding hydrogens is 252 g/mol. The third kappa shape index (κ3) is 4.69. The standard InChI is InChI=1S/C16H32N2O2/c1-3-16(13-19,17-14-5-6-14)9-4-10-18-11-7-15(20-2)8-12-18/h14-15,17,19H,3-13H2,1-2H3. The van der Waals surface area contributed by atoms with E-state index in [0.29, 0.717) is 12.1 Å². The highest BCUT2D eigenvalue weighted by Crippen LogP contribution is 2.27. The van der Waals surface area contributed by atoms with Crippen LogP contribution in [-0.2, 0) is 4.74 Å². The quantitative estimate of drug-likeness (QED) is 0.677. The van der Waals surface area contributed by atoms with Crippen molar-refractivity contribution in [3.05, 3.63) is 0 Å². The summed E-state index contributed by atoms with van der Waals surface area (Å²) in [5.74, 6) is 0. The van der Waals surface area contributed by atoms with Crippen LogP contribution in [0.3, 0.4) is 0 Å². The summed E-state index contributed by atoms with van der Waals surface area (Å²) < 4.78 is 5.41. The number of ether oxygens (including phenoxy) is 1. The molecule has 0 aromatic rings. The van der Waals surface area contributed by atoms with E-state index in [0.717, 1.165) is 45.3 Å². The SMILES string of the molecule is CCC(CO)(CCCN1CCC(OC)CC1)NC1CC1. The molecule has 0 spiro atoms. The van der Waals surface area contributed by atoms with Crippen molar-refractivity contribution in [2.24, 2.45) is 0 Å². The van der Waals surface area contributed by atoms with Crippen LogP contribution in [0.1, 0.15) is 51.9 Å². The van der Waals surface area contributed by atoms with Crippen LogP contribution < -0.4 is 5.32 Å². The summed E-state index contributed by atoms with van der Waals surface area (Å²) in [5, 5.41) is 13.4. The van der Waals surface area contributed by atoms with Crippen molar-refractivity contribution in [2.45, 2.75) is 69.6 Å². The molecule has 4 nitrogen and oxygen atoms in total. The molecule has 1 saturated heterocycles. The van der Waals surface area contributed by atoms with Crippen LogP contribution in [0.2, 0.25) is 0 Å². The predicted octanol–water partition coefficient (Wildman–Crippen LogP) is 1.77. The number of nitrogens with zero attached hydrogens (tertiary/aromatic N) is 1. The number of aliphatic hydroxyl groups excluding tert-OH is 1. The Morgan fingerprint density at radius 3 is 2.45 bits per heavy atom. The number of hydrogen-bond acceptors (Lipinski definition) is 4. The largest absolute Gasteiger partial charge is 0.394 e. The Hall–Kier alpha value is -0.160. The lowest BCUT2D eigenvalue weighted by molar-refractivity contribution is 0.0393. The molecule has 0 aromatic heterocycles. The molecule has 2 fully saturated rings. The summed E-state index contributed by atoms with van der Waals surface area (Å²) in [6, 6.07) is 0.666. The van der Waals surface area contributed by atoms with Crippen molar-refractivity contribution in [1.29, 1.82) is 0 Å². The Bertz CT molecular complexity index is 270. The molecule has 1 atom stereocenters. The average Bonchev–Trinajstić information content (AvgIpc) is 3.31. The first kappa shape index (κ1) is 16.2. The van der Waals surface area contributed by atoms with Gasteiger partial charge in [-0.1, -0.05) is 6.92 Å². The molecule has 4 heteroatoms. The van der Waals surface area contributed by atoms with E-state index < -0.39 is 0 Å². The molecule has 1 unspecified atom stereocenters. The monoisotopic (exact) mass is 284 g/mol. The van der Waals surface area contributed by atoms with Gasteiger partial charge in [0.2, 0.25) is 0 Å². The van der Waals surface area contributed by atoms with Gasteiger partial charge >= 0.3 is 0 Å². The van der Waals surface area contributed by atoms with E-state index >= 15 is 0 Å². The second-order valence-electron chi connectivity index (χ2n) is 6.59. The molecule has 0 amide bonds. The van der Waals surface area contributed by atoms with Gasteiger partial charge in [-0.15, -0.1) is 0 Å². The highest BCUT2D eigenvalue weighted by molar-refractivity contribution is 4.94. The Balaban J connectivity index is 1.67. The van der Waals surface area contributed by atoms with Crippen molar-refractivity contribution in [3.8, 4) is 0 Å². The molecule has 1 saturated carbocycles. The zero-order valence-corrected chi connectivity index (χ0v) is 13.2. The normalized spacial score (nSPS) is 24.8. The molecule has 0 radical (unpaired) electrons. The van der Waals surface area contributed by atoms with Gasteiger partial charge in [0.25, 0.3) is 0 Å². The van der Waals surface area contributed by atoms with E-state index in [2.05, 4.69) is 17.1 Å². The topological polar surface area (TPSA) is 44.7 Å². The Morgan fingerprint density at radius 2 is 1.95 bits per heavy atom. The number of nitrogens with one attached hydrogen (secondary N) is 1. The maximum atomic E-state index is 9.76. The van der Waals surface area contributed by atoms with Crippen LogP contribution in [0.5, 0.6) is 0 Å². The van der Waals surface area contributed by atoms with Gasteiger partial charge in [-0.2, -0.15) is 0 Å². The number of likely N-dealkylation sites (tertiary alicyclic amines) is 1.